The molecule has 0 aliphatic heterocycles. The van der Waals surface area contributed by atoms with Crippen LogP contribution in [-0.4, -0.2) is 17.7 Å². The van der Waals surface area contributed by atoms with Crippen LogP contribution in [0.5, 0.6) is 5.75 Å². The van der Waals surface area contributed by atoms with Crippen molar-refractivity contribution < 1.29 is 9.50 Å². The first kappa shape index (κ1) is 14.3. The van der Waals surface area contributed by atoms with Crippen LogP contribution in [0.3, 0.4) is 0 Å². The zero-order valence-electron chi connectivity index (χ0n) is 12.1. The van der Waals surface area contributed by atoms with E-state index in [4.69, 9.17) is 0 Å². The number of nitrogens with one attached hydrogen (secondary N) is 1. The third kappa shape index (κ3) is 2.92. The van der Waals surface area contributed by atoms with Crippen LogP contribution >= 0.6 is 0 Å². The summed E-state index contributed by atoms with van der Waals surface area (Å²) in [5.41, 5.74) is 2.28. The molecular weight excluding hydrogens is 241 g/mol. The molecule has 2 nitrogen and oxygen atoms in total. The lowest BCUT2D eigenvalue weighted by Crippen LogP contribution is -2.28. The van der Waals surface area contributed by atoms with Gasteiger partial charge in [-0.05, 0) is 55.3 Å². The van der Waals surface area contributed by atoms with Crippen molar-refractivity contribution in [2.24, 2.45) is 0 Å². The number of hydrogen-bond donors (Lipinski definition) is 2. The molecule has 1 aliphatic rings. The molecule has 0 heterocycles. The van der Waals surface area contributed by atoms with Crippen molar-refractivity contribution in [3.63, 3.8) is 0 Å². The Balaban J connectivity index is 2.34. The van der Waals surface area contributed by atoms with Gasteiger partial charge >= 0.3 is 0 Å². The van der Waals surface area contributed by atoms with E-state index < -0.39 is 0 Å². The van der Waals surface area contributed by atoms with Gasteiger partial charge in [0, 0.05) is 11.6 Å². The second-order valence-corrected chi connectivity index (χ2v) is 5.75. The Morgan fingerprint density at radius 3 is 2.68 bits per heavy atom. The molecule has 0 saturated heterocycles. The summed E-state index contributed by atoms with van der Waals surface area (Å²) in [6.45, 7) is 6.89. The van der Waals surface area contributed by atoms with Crippen LogP contribution in [0.4, 0.5) is 4.39 Å². The molecule has 0 saturated carbocycles. The van der Waals surface area contributed by atoms with E-state index in [1.165, 1.54) is 0 Å². The number of aryl methyl sites for hydroxylation is 1. The Hall–Kier alpha value is -1.09. The summed E-state index contributed by atoms with van der Waals surface area (Å²) in [6, 6.07) is 2.24. The zero-order chi connectivity index (χ0) is 14.0. The maximum absolute atomic E-state index is 14.6. The summed E-state index contributed by atoms with van der Waals surface area (Å²) < 4.78 is 14.6. The summed E-state index contributed by atoms with van der Waals surface area (Å²) in [5, 5.41) is 13.5. The standard InChI is InChI=1S/C16H24FNO/c1-4-18-12-6-5-11-9-14(19)15(10(2)3)16(17)13(11)8-7-12/h9-10,12,18-19H,4-8H2,1-3H3. The number of phenols is 1. The number of phenolic OH excluding ortho intramolecular Hbond substituents is 1. The Morgan fingerprint density at radius 1 is 1.37 bits per heavy atom. The van der Waals surface area contributed by atoms with Crippen LogP contribution in [0.1, 0.15) is 56.2 Å². The maximum atomic E-state index is 14.6. The van der Waals surface area contributed by atoms with E-state index in [9.17, 15) is 9.50 Å². The van der Waals surface area contributed by atoms with Crippen molar-refractivity contribution in [2.75, 3.05) is 6.54 Å². The van der Waals surface area contributed by atoms with E-state index in [2.05, 4.69) is 12.2 Å². The quantitative estimate of drug-likeness (QED) is 0.820. The van der Waals surface area contributed by atoms with Gasteiger partial charge in [-0.3, -0.25) is 0 Å². The Bertz CT molecular complexity index is 457. The van der Waals surface area contributed by atoms with Crippen LogP contribution in [0.15, 0.2) is 6.07 Å². The van der Waals surface area contributed by atoms with Crippen LogP contribution in [0.25, 0.3) is 0 Å². The first-order valence-electron chi connectivity index (χ1n) is 7.31. The first-order chi connectivity index (χ1) is 9.04. The van der Waals surface area contributed by atoms with Crippen molar-refractivity contribution in [2.45, 2.75) is 58.4 Å². The molecule has 0 bridgehead atoms. The number of fused-ring (bicyclic) bond motifs is 1. The maximum Gasteiger partial charge on any atom is 0.133 e. The summed E-state index contributed by atoms with van der Waals surface area (Å²) >= 11 is 0. The predicted octanol–water partition coefficient (Wildman–Crippen LogP) is 3.51. The lowest BCUT2D eigenvalue weighted by atomic mass is 9.93. The summed E-state index contributed by atoms with van der Waals surface area (Å²) in [4.78, 5) is 0. The molecule has 19 heavy (non-hydrogen) atoms. The van der Waals surface area contributed by atoms with Crippen LogP contribution in [0, 0.1) is 5.82 Å². The minimum atomic E-state index is -0.179. The van der Waals surface area contributed by atoms with Gasteiger partial charge in [-0.2, -0.15) is 0 Å². The highest BCUT2D eigenvalue weighted by atomic mass is 19.1. The van der Waals surface area contributed by atoms with Gasteiger partial charge in [0.2, 0.25) is 0 Å². The third-order valence-electron chi connectivity index (χ3n) is 4.05. The third-order valence-corrected chi connectivity index (χ3v) is 4.05. The SMILES string of the molecule is CCNC1CCc2cc(O)c(C(C)C)c(F)c2CC1. The van der Waals surface area contributed by atoms with Gasteiger partial charge in [0.1, 0.15) is 11.6 Å². The molecule has 106 valence electrons. The average molecular weight is 265 g/mol. The van der Waals surface area contributed by atoms with Crippen LogP contribution in [-0.2, 0) is 12.8 Å². The van der Waals surface area contributed by atoms with Gasteiger partial charge in [0.05, 0.1) is 0 Å². The molecule has 0 radical (unpaired) electrons. The summed E-state index contributed by atoms with van der Waals surface area (Å²) in [6.07, 6.45) is 3.59. The first-order valence-corrected chi connectivity index (χ1v) is 7.31. The monoisotopic (exact) mass is 265 g/mol. The topological polar surface area (TPSA) is 32.3 Å². The predicted molar refractivity (Wildman–Crippen MR) is 76.3 cm³/mol. The number of hydrogen-bond acceptors (Lipinski definition) is 2. The highest BCUT2D eigenvalue weighted by Crippen LogP contribution is 2.35. The van der Waals surface area contributed by atoms with Crippen LogP contribution < -0.4 is 5.32 Å². The van der Waals surface area contributed by atoms with Gasteiger partial charge < -0.3 is 10.4 Å². The lowest BCUT2D eigenvalue weighted by molar-refractivity contribution is 0.450. The minimum Gasteiger partial charge on any atom is -0.508 e. The molecule has 1 unspecified atom stereocenters. The van der Waals surface area contributed by atoms with Crippen LogP contribution in [0.2, 0.25) is 0 Å². The highest BCUT2D eigenvalue weighted by molar-refractivity contribution is 5.45. The molecule has 0 amide bonds. The van der Waals surface area contributed by atoms with E-state index >= 15 is 0 Å². The second kappa shape index (κ2) is 5.91. The van der Waals surface area contributed by atoms with Gasteiger partial charge in [0.25, 0.3) is 0 Å². The number of aromatic hydroxyl groups is 1. The number of halogens is 1. The largest absolute Gasteiger partial charge is 0.508 e. The van der Waals surface area contributed by atoms with Gasteiger partial charge in [-0.15, -0.1) is 0 Å². The minimum absolute atomic E-state index is 0.0121. The van der Waals surface area contributed by atoms with E-state index in [0.717, 1.165) is 43.4 Å². The van der Waals surface area contributed by atoms with Crippen molar-refractivity contribution in [3.8, 4) is 5.75 Å². The molecule has 1 aliphatic carbocycles. The molecule has 1 aromatic carbocycles. The fourth-order valence-corrected chi connectivity index (χ4v) is 3.07. The molecular formula is C16H24FNO. The molecule has 1 aromatic rings. The molecule has 2 N–H and O–H groups in total. The van der Waals surface area contributed by atoms with Gasteiger partial charge in [-0.1, -0.05) is 20.8 Å². The van der Waals surface area contributed by atoms with Gasteiger partial charge in [0.15, 0.2) is 0 Å². The van der Waals surface area contributed by atoms with E-state index in [1.54, 1.807) is 6.07 Å². The zero-order valence-corrected chi connectivity index (χ0v) is 12.1. The molecule has 2 rings (SSSR count). The smallest absolute Gasteiger partial charge is 0.133 e. The van der Waals surface area contributed by atoms with Crippen molar-refractivity contribution in [3.05, 3.63) is 28.6 Å². The Kier molecular flexibility index (Phi) is 4.46. The highest BCUT2D eigenvalue weighted by Gasteiger charge is 2.23. The fraction of sp³-hybridized carbons (Fsp3) is 0.625. The van der Waals surface area contributed by atoms with Crippen molar-refractivity contribution in [1.29, 1.82) is 0 Å². The fourth-order valence-electron chi connectivity index (χ4n) is 3.07. The second-order valence-electron chi connectivity index (χ2n) is 5.75. The molecule has 3 heteroatoms. The van der Waals surface area contributed by atoms with Gasteiger partial charge in [-0.25, -0.2) is 4.39 Å². The average Bonchev–Trinajstić information content (AvgIpc) is 2.52. The van der Waals surface area contributed by atoms with E-state index in [-0.39, 0.29) is 17.5 Å². The van der Waals surface area contributed by atoms with Crippen molar-refractivity contribution >= 4 is 0 Å². The molecule has 0 spiro atoms. The Labute approximate surface area is 115 Å². The molecule has 0 aromatic heterocycles. The normalized spacial score (nSPS) is 19.3. The summed E-state index contributed by atoms with van der Waals surface area (Å²) in [5.74, 6) is -0.0478. The number of benzene rings is 1. The lowest BCUT2D eigenvalue weighted by Gasteiger charge is -2.16. The molecule has 1 atom stereocenters. The number of rotatable bonds is 3. The Morgan fingerprint density at radius 2 is 2.05 bits per heavy atom. The van der Waals surface area contributed by atoms with E-state index in [1.807, 2.05) is 13.8 Å². The molecule has 0 fully saturated rings. The van der Waals surface area contributed by atoms with E-state index in [0.29, 0.717) is 11.6 Å². The van der Waals surface area contributed by atoms with Crippen molar-refractivity contribution in [1.82, 2.24) is 5.32 Å². The summed E-state index contributed by atoms with van der Waals surface area (Å²) in [7, 11) is 0.